The Labute approximate surface area is 327 Å². The molecule has 1 N–H and O–H groups in total. The Bertz CT molecular complexity index is 2630. The second kappa shape index (κ2) is 15.0. The lowest BCUT2D eigenvalue weighted by Gasteiger charge is -2.48. The smallest absolute Gasteiger partial charge is 0.267 e. The van der Waals surface area contributed by atoms with E-state index in [-0.39, 0.29) is 40.9 Å². The van der Waals surface area contributed by atoms with Gasteiger partial charge < -0.3 is 4.90 Å². The number of amides is 1. The third kappa shape index (κ3) is 7.54. The molecule has 1 aliphatic heterocycles. The molecule has 284 valence electrons. The number of benzene rings is 1. The Morgan fingerprint density at radius 1 is 1.20 bits per heavy atom. The molecule has 0 unspecified atom stereocenters. The molecule has 16 heteroatoms. The minimum atomic E-state index is -3.78. The lowest BCUT2D eigenvalue weighted by molar-refractivity contribution is -0.0241. The number of nitriles is 1. The van der Waals surface area contributed by atoms with Gasteiger partial charge in [0.1, 0.15) is 28.9 Å². The normalized spacial score (nSPS) is 19.0. The maximum atomic E-state index is 14.1. The van der Waals surface area contributed by atoms with Gasteiger partial charge in [-0.25, -0.2) is 27.5 Å². The van der Waals surface area contributed by atoms with E-state index in [1.807, 2.05) is 11.9 Å². The number of piperidine rings is 1. The van der Waals surface area contributed by atoms with E-state index in [1.165, 1.54) is 35.2 Å². The van der Waals surface area contributed by atoms with Gasteiger partial charge in [0, 0.05) is 65.5 Å². The summed E-state index contributed by atoms with van der Waals surface area (Å²) in [4.78, 5) is 44.9. The van der Waals surface area contributed by atoms with Crippen LogP contribution in [-0.2, 0) is 16.6 Å². The van der Waals surface area contributed by atoms with Crippen LogP contribution in [0.2, 0.25) is 5.02 Å². The summed E-state index contributed by atoms with van der Waals surface area (Å²) in [6, 6.07) is 9.58. The van der Waals surface area contributed by atoms with E-state index in [9.17, 15) is 27.7 Å². The average molecular weight is 801 g/mol. The van der Waals surface area contributed by atoms with Crippen LogP contribution in [0.4, 0.5) is 10.2 Å². The third-order valence-corrected chi connectivity index (χ3v) is 13.1. The average Bonchev–Trinajstić information content (AvgIpc) is 3.60. The molecular weight excluding hydrogens is 763 g/mol. The summed E-state index contributed by atoms with van der Waals surface area (Å²) in [5, 5.41) is 12.6. The zero-order valence-electron chi connectivity index (χ0n) is 30.7. The first-order valence-electron chi connectivity index (χ1n) is 17.9. The van der Waals surface area contributed by atoms with Crippen molar-refractivity contribution in [2.75, 3.05) is 30.8 Å². The highest BCUT2D eigenvalue weighted by Gasteiger charge is 2.44. The maximum Gasteiger partial charge on any atom is 0.267 e. The molecule has 1 aromatic carbocycles. The van der Waals surface area contributed by atoms with Gasteiger partial charge >= 0.3 is 0 Å². The van der Waals surface area contributed by atoms with Gasteiger partial charge in [0.05, 0.1) is 45.2 Å². The molecule has 5 aromatic rings. The topological polar surface area (TPSA) is 154 Å². The largest absolute Gasteiger partial charge is 0.355 e. The van der Waals surface area contributed by atoms with E-state index in [2.05, 4.69) is 42.5 Å². The molecular formula is C39H38ClFN8O4S2. The molecule has 2 aliphatic rings. The maximum absolute atomic E-state index is 14.1. The number of hydrogen-bond acceptors (Lipinski definition) is 11. The predicted octanol–water partition coefficient (Wildman–Crippen LogP) is 5.82. The van der Waals surface area contributed by atoms with Crippen molar-refractivity contribution in [3.05, 3.63) is 79.9 Å². The first-order valence-corrected chi connectivity index (χ1v) is 20.8. The number of aryl methyl sites for hydroxylation is 1. The van der Waals surface area contributed by atoms with Crippen molar-refractivity contribution in [2.45, 2.75) is 70.8 Å². The van der Waals surface area contributed by atoms with Crippen LogP contribution in [0.5, 0.6) is 0 Å². The lowest BCUT2D eigenvalue weighted by atomic mass is 9.77. The van der Waals surface area contributed by atoms with Crippen molar-refractivity contribution in [3.63, 3.8) is 0 Å². The number of sulfonamides is 1. The van der Waals surface area contributed by atoms with Crippen LogP contribution in [0, 0.1) is 30.1 Å². The standard InChI is InChI=1S/C39H38ClFN8O4S2/c1-5-55(52,53)46-37(50)31-22-54-35-28(10-13-43-34(31)35)29-17-25(40)9-8-24(29)7-6-14-49-23(2)45-32-21-44-36(30(20-42)33(32)38(49)51)47(4)26-11-15-48(16-12-26)27-18-39(3,41)19-27/h8-10,13,17,21-22,26-27H,5,11-12,14-16,18-19H2,1-4H3,(H,46,50). The van der Waals surface area contributed by atoms with Crippen LogP contribution >= 0.6 is 22.9 Å². The summed E-state index contributed by atoms with van der Waals surface area (Å²) in [6.45, 7) is 6.44. The van der Waals surface area contributed by atoms with Crippen LogP contribution in [0.15, 0.2) is 46.8 Å². The second-order valence-electron chi connectivity index (χ2n) is 14.2. The van der Waals surface area contributed by atoms with Crippen molar-refractivity contribution in [3.8, 4) is 29.0 Å². The van der Waals surface area contributed by atoms with E-state index >= 15 is 0 Å². The van der Waals surface area contributed by atoms with Crippen LogP contribution in [0.3, 0.4) is 0 Å². The Morgan fingerprint density at radius 2 is 1.95 bits per heavy atom. The van der Waals surface area contributed by atoms with Gasteiger partial charge in [0.2, 0.25) is 10.0 Å². The summed E-state index contributed by atoms with van der Waals surface area (Å²) in [5.74, 6) is 6.09. The van der Waals surface area contributed by atoms with E-state index in [0.29, 0.717) is 61.9 Å². The van der Waals surface area contributed by atoms with Gasteiger partial charge in [-0.2, -0.15) is 5.26 Å². The Hall–Kier alpha value is -4.93. The number of hydrogen-bond donors (Lipinski definition) is 1. The fourth-order valence-electron chi connectivity index (χ4n) is 7.50. The van der Waals surface area contributed by atoms with Crippen LogP contribution < -0.4 is 15.2 Å². The number of aromatic nitrogens is 4. The van der Waals surface area contributed by atoms with Crippen molar-refractivity contribution in [1.82, 2.24) is 29.1 Å². The number of halogens is 2. The van der Waals surface area contributed by atoms with Crippen LogP contribution in [0.25, 0.3) is 32.2 Å². The molecule has 1 amide bonds. The molecule has 5 heterocycles. The minimum Gasteiger partial charge on any atom is -0.355 e. The van der Waals surface area contributed by atoms with Gasteiger partial charge in [-0.3, -0.25) is 24.0 Å². The number of nitrogens with zero attached hydrogens (tertiary/aromatic N) is 7. The van der Waals surface area contributed by atoms with E-state index < -0.39 is 27.2 Å². The molecule has 7 rings (SSSR count). The summed E-state index contributed by atoms with van der Waals surface area (Å²) in [7, 11) is -1.88. The highest BCUT2D eigenvalue weighted by molar-refractivity contribution is 7.90. The summed E-state index contributed by atoms with van der Waals surface area (Å²) >= 11 is 7.69. The number of carbonyl (C=O) groups is 1. The number of likely N-dealkylation sites (tertiary alicyclic amines) is 1. The fourth-order valence-corrected chi connectivity index (χ4v) is 9.24. The van der Waals surface area contributed by atoms with E-state index in [1.54, 1.807) is 43.5 Å². The quantitative estimate of drug-likeness (QED) is 0.190. The van der Waals surface area contributed by atoms with Crippen molar-refractivity contribution in [1.29, 1.82) is 5.26 Å². The summed E-state index contributed by atoms with van der Waals surface area (Å²) in [5.41, 5.74) is 1.43. The molecule has 12 nitrogen and oxygen atoms in total. The molecule has 1 saturated carbocycles. The van der Waals surface area contributed by atoms with Gasteiger partial charge in [-0.05, 0) is 70.7 Å². The molecule has 1 aliphatic carbocycles. The van der Waals surface area contributed by atoms with Crippen molar-refractivity contribution >= 4 is 65.8 Å². The summed E-state index contributed by atoms with van der Waals surface area (Å²) in [6.07, 6.45) is 5.85. The molecule has 0 spiro atoms. The van der Waals surface area contributed by atoms with Crippen LogP contribution in [0.1, 0.15) is 66.8 Å². The van der Waals surface area contributed by atoms with Crippen molar-refractivity contribution < 1.29 is 17.6 Å². The number of alkyl halides is 1. The fraction of sp³-hybridized carbons (Fsp3) is 0.385. The molecule has 2 fully saturated rings. The number of rotatable bonds is 8. The third-order valence-electron chi connectivity index (χ3n) is 10.6. The highest BCUT2D eigenvalue weighted by Crippen LogP contribution is 2.40. The molecule has 0 atom stereocenters. The number of carbonyl (C=O) groups excluding carboxylic acids is 1. The monoisotopic (exact) mass is 800 g/mol. The number of fused-ring (bicyclic) bond motifs is 2. The molecule has 0 radical (unpaired) electrons. The summed E-state index contributed by atoms with van der Waals surface area (Å²) < 4.78 is 42.4. The minimum absolute atomic E-state index is 0.0213. The highest BCUT2D eigenvalue weighted by atomic mass is 35.5. The Kier molecular flexibility index (Phi) is 10.4. The molecule has 1 saturated heterocycles. The first kappa shape index (κ1) is 38.3. The van der Waals surface area contributed by atoms with E-state index in [4.69, 9.17) is 11.6 Å². The van der Waals surface area contributed by atoms with Crippen LogP contribution in [-0.4, -0.2) is 82.4 Å². The Balaban J connectivity index is 1.17. The SMILES string of the molecule is CCS(=O)(=O)NC(=O)c1csc2c(-c3cc(Cl)ccc3C#CCn3c(C)nc4cnc(N(C)C5CCN(C6CC(C)(F)C6)CC5)c(C#N)c4c3=O)ccnc12. The molecule has 0 bridgehead atoms. The molecule has 4 aromatic heterocycles. The second-order valence-corrected chi connectivity index (χ2v) is 17.6. The molecule has 55 heavy (non-hydrogen) atoms. The van der Waals surface area contributed by atoms with Gasteiger partial charge in [0.15, 0.2) is 0 Å². The first-order chi connectivity index (χ1) is 26.2. The van der Waals surface area contributed by atoms with Gasteiger partial charge in [-0.15, -0.1) is 11.3 Å². The number of anilines is 1. The van der Waals surface area contributed by atoms with Gasteiger partial charge in [0.25, 0.3) is 11.5 Å². The number of pyridine rings is 2. The lowest BCUT2D eigenvalue weighted by Crippen LogP contribution is -2.55. The van der Waals surface area contributed by atoms with E-state index in [0.717, 1.165) is 25.9 Å². The Morgan fingerprint density at radius 3 is 2.64 bits per heavy atom. The number of nitrogens with one attached hydrogen (secondary N) is 1. The van der Waals surface area contributed by atoms with Crippen molar-refractivity contribution in [2.24, 2.45) is 0 Å². The zero-order valence-corrected chi connectivity index (χ0v) is 33.1. The zero-order chi connectivity index (χ0) is 39.2. The number of thiophene rings is 1. The predicted molar refractivity (Wildman–Crippen MR) is 213 cm³/mol. The van der Waals surface area contributed by atoms with Gasteiger partial charge in [-0.1, -0.05) is 23.4 Å².